The van der Waals surface area contributed by atoms with Crippen molar-refractivity contribution >= 4 is 17.8 Å². The van der Waals surface area contributed by atoms with Gasteiger partial charge in [0.25, 0.3) is 5.91 Å². The number of rotatable bonds is 14. The number of aliphatic hydroxyl groups is 1. The lowest BCUT2D eigenvalue weighted by molar-refractivity contribution is -0.155. The lowest BCUT2D eigenvalue weighted by atomic mass is 9.81. The highest BCUT2D eigenvalue weighted by Crippen LogP contribution is 2.44. The van der Waals surface area contributed by atoms with Crippen LogP contribution in [0.25, 0.3) is 10.4 Å². The third-order valence-corrected chi connectivity index (χ3v) is 7.10. The molecule has 0 aliphatic carbocycles. The van der Waals surface area contributed by atoms with Crippen LogP contribution in [0.15, 0.2) is 89.0 Å². The molecule has 0 radical (unpaired) electrons. The molecule has 1 aliphatic rings. The first kappa shape index (κ1) is 33.0. The number of hydrogen-bond acceptors (Lipinski definition) is 8. The molecule has 0 saturated carbocycles. The summed E-state index contributed by atoms with van der Waals surface area (Å²) in [4.78, 5) is 35.2. The van der Waals surface area contributed by atoms with Crippen molar-refractivity contribution in [1.29, 1.82) is 0 Å². The molecule has 11 heteroatoms. The molecular formula is C34H39N5O6. The quantitative estimate of drug-likeness (QED) is 0.0752. The second-order valence-electron chi connectivity index (χ2n) is 11.6. The number of aliphatic hydroxyl groups excluding tert-OH is 1. The molecule has 1 heterocycles. The summed E-state index contributed by atoms with van der Waals surface area (Å²) < 4.78 is 17.8. The smallest absolute Gasteiger partial charge is 0.306 e. The summed E-state index contributed by atoms with van der Waals surface area (Å²) >= 11 is 0. The third-order valence-electron chi connectivity index (χ3n) is 7.10. The highest BCUT2D eigenvalue weighted by Gasteiger charge is 2.53. The van der Waals surface area contributed by atoms with Crippen molar-refractivity contribution in [3.8, 4) is 5.75 Å². The monoisotopic (exact) mass is 613 g/mol. The number of benzene rings is 3. The van der Waals surface area contributed by atoms with Gasteiger partial charge < -0.3 is 24.6 Å². The maximum absolute atomic E-state index is 14.4. The first-order valence-electron chi connectivity index (χ1n) is 14.9. The van der Waals surface area contributed by atoms with Gasteiger partial charge in [0.2, 0.25) is 5.90 Å². The summed E-state index contributed by atoms with van der Waals surface area (Å²) in [6.07, 6.45) is -0.541. The number of amides is 1. The number of carbonyl (C=O) groups excluding carboxylic acids is 2. The van der Waals surface area contributed by atoms with Gasteiger partial charge in [-0.25, -0.2) is 4.99 Å². The lowest BCUT2D eigenvalue weighted by Gasteiger charge is -2.32. The van der Waals surface area contributed by atoms with E-state index in [2.05, 4.69) is 15.3 Å². The predicted octanol–water partition coefficient (Wildman–Crippen LogP) is 5.95. The summed E-state index contributed by atoms with van der Waals surface area (Å²) in [6, 6.07) is 23.8. The van der Waals surface area contributed by atoms with Crippen LogP contribution in [0.1, 0.15) is 68.4 Å². The number of aliphatic imine (C=N–C) groups is 1. The van der Waals surface area contributed by atoms with Gasteiger partial charge in [0, 0.05) is 36.5 Å². The van der Waals surface area contributed by atoms with E-state index in [4.69, 9.17) is 29.8 Å². The summed E-state index contributed by atoms with van der Waals surface area (Å²) in [5.74, 6) is -0.0530. The average molecular weight is 614 g/mol. The normalized spacial score (nSPS) is 17.4. The molecule has 3 aromatic carbocycles. The van der Waals surface area contributed by atoms with Crippen molar-refractivity contribution < 1.29 is 28.9 Å². The topological polar surface area (TPSA) is 155 Å². The number of hydrogen-bond donors (Lipinski definition) is 2. The molecule has 45 heavy (non-hydrogen) atoms. The number of azide groups is 1. The summed E-state index contributed by atoms with van der Waals surface area (Å²) in [7, 11) is 0. The van der Waals surface area contributed by atoms with Gasteiger partial charge in [-0.2, -0.15) is 0 Å². The fourth-order valence-electron chi connectivity index (χ4n) is 5.01. The third kappa shape index (κ3) is 8.84. The number of ether oxygens (including phenoxy) is 3. The van der Waals surface area contributed by atoms with E-state index in [0.717, 1.165) is 5.56 Å². The molecule has 11 nitrogen and oxygen atoms in total. The zero-order valence-electron chi connectivity index (χ0n) is 25.8. The van der Waals surface area contributed by atoms with E-state index in [0.29, 0.717) is 35.5 Å². The van der Waals surface area contributed by atoms with Crippen LogP contribution in [0.5, 0.6) is 5.75 Å². The van der Waals surface area contributed by atoms with Gasteiger partial charge in [-0.05, 0) is 73.7 Å². The van der Waals surface area contributed by atoms with Gasteiger partial charge >= 0.3 is 5.97 Å². The Labute approximate surface area is 262 Å². The minimum Gasteiger partial charge on any atom is -0.494 e. The van der Waals surface area contributed by atoms with Gasteiger partial charge in [0.05, 0.1) is 13.2 Å². The molecule has 4 rings (SSSR count). The minimum absolute atomic E-state index is 0.00505. The number of esters is 1. The standard InChI is InChI=1S/C34H39N5O6/c1-33(2,3)45-29(41)18-19-34(32(42)36-22-24-10-5-4-6-11-24)30(28-13-8-7-12-26(28)23-37-39-35)44-31(38-34)25-14-16-27(17-15-25)43-21-9-20-40/h4-8,10-17,30,40H,9,18-23H2,1-3H3,(H,36,42)/t30-,34-/m0/s1. The molecule has 3 aromatic rings. The zero-order chi connectivity index (χ0) is 32.3. The fraction of sp³-hybridized carbons (Fsp3) is 0.382. The fourth-order valence-corrected chi connectivity index (χ4v) is 5.01. The average Bonchev–Trinajstić information content (AvgIpc) is 3.42. The Bertz CT molecular complexity index is 1530. The Hall–Kier alpha value is -4.86. The molecule has 236 valence electrons. The van der Waals surface area contributed by atoms with E-state index < -0.39 is 29.1 Å². The zero-order valence-corrected chi connectivity index (χ0v) is 25.8. The van der Waals surface area contributed by atoms with E-state index in [1.165, 1.54) is 0 Å². The lowest BCUT2D eigenvalue weighted by Crippen LogP contribution is -2.48. The molecule has 0 bridgehead atoms. The first-order chi connectivity index (χ1) is 21.6. The van der Waals surface area contributed by atoms with E-state index in [-0.39, 0.29) is 38.4 Å². The van der Waals surface area contributed by atoms with Crippen LogP contribution in [0.4, 0.5) is 0 Å². The van der Waals surface area contributed by atoms with Gasteiger partial charge in [-0.15, -0.1) is 0 Å². The largest absolute Gasteiger partial charge is 0.494 e. The Morgan fingerprint density at radius 2 is 1.78 bits per heavy atom. The van der Waals surface area contributed by atoms with E-state index in [9.17, 15) is 9.59 Å². The molecule has 1 aliphatic heterocycles. The number of nitrogens with one attached hydrogen (secondary N) is 1. The molecule has 0 spiro atoms. The van der Waals surface area contributed by atoms with Crippen LogP contribution in [0.2, 0.25) is 0 Å². The summed E-state index contributed by atoms with van der Waals surface area (Å²) in [5.41, 5.74) is 9.56. The van der Waals surface area contributed by atoms with Crippen LogP contribution in [0.3, 0.4) is 0 Å². The van der Waals surface area contributed by atoms with Crippen LogP contribution in [-0.2, 0) is 32.2 Å². The summed E-state index contributed by atoms with van der Waals surface area (Å²) in [5, 5.41) is 15.8. The molecule has 0 fully saturated rings. The Morgan fingerprint density at radius 1 is 1.07 bits per heavy atom. The minimum atomic E-state index is -1.57. The molecule has 0 unspecified atom stereocenters. The Morgan fingerprint density at radius 3 is 2.47 bits per heavy atom. The number of nitrogens with zero attached hydrogens (tertiary/aromatic N) is 4. The van der Waals surface area contributed by atoms with Crippen molar-refractivity contribution in [2.75, 3.05) is 13.2 Å². The molecule has 0 aromatic heterocycles. The predicted molar refractivity (Wildman–Crippen MR) is 169 cm³/mol. The SMILES string of the molecule is CC(C)(C)OC(=O)CC[C@]1(C(=O)NCc2ccccc2)N=C(c2ccc(OCCCO)cc2)O[C@H]1c1ccccc1CN=[N+]=[N-]. The highest BCUT2D eigenvalue weighted by molar-refractivity contribution is 6.01. The Kier molecular flexibility index (Phi) is 11.2. The van der Waals surface area contributed by atoms with Crippen LogP contribution in [0, 0.1) is 0 Å². The van der Waals surface area contributed by atoms with Gasteiger partial charge in [0.1, 0.15) is 11.4 Å². The van der Waals surface area contributed by atoms with Gasteiger partial charge in [-0.1, -0.05) is 59.7 Å². The second kappa shape index (κ2) is 15.2. The molecule has 2 N–H and O–H groups in total. The van der Waals surface area contributed by atoms with Crippen molar-refractivity contribution in [3.05, 3.63) is 112 Å². The second-order valence-corrected chi connectivity index (χ2v) is 11.6. The van der Waals surface area contributed by atoms with Crippen molar-refractivity contribution in [1.82, 2.24) is 5.32 Å². The molecule has 2 atom stereocenters. The maximum atomic E-state index is 14.4. The van der Waals surface area contributed by atoms with Crippen LogP contribution >= 0.6 is 0 Å². The highest BCUT2D eigenvalue weighted by atomic mass is 16.6. The van der Waals surface area contributed by atoms with Crippen LogP contribution < -0.4 is 10.1 Å². The first-order valence-corrected chi connectivity index (χ1v) is 14.9. The van der Waals surface area contributed by atoms with Crippen LogP contribution in [-0.4, -0.2) is 47.2 Å². The van der Waals surface area contributed by atoms with Gasteiger partial charge in [-0.3, -0.25) is 9.59 Å². The van der Waals surface area contributed by atoms with Crippen molar-refractivity contribution in [2.45, 2.75) is 70.4 Å². The van der Waals surface area contributed by atoms with Crippen molar-refractivity contribution in [2.24, 2.45) is 10.1 Å². The maximum Gasteiger partial charge on any atom is 0.306 e. The van der Waals surface area contributed by atoms with E-state index >= 15 is 0 Å². The molecule has 0 saturated heterocycles. The molecular weight excluding hydrogens is 574 g/mol. The van der Waals surface area contributed by atoms with E-state index in [1.807, 2.05) is 54.6 Å². The summed E-state index contributed by atoms with van der Waals surface area (Å²) in [6.45, 7) is 6.03. The van der Waals surface area contributed by atoms with E-state index in [1.54, 1.807) is 45.0 Å². The van der Waals surface area contributed by atoms with Crippen molar-refractivity contribution in [3.63, 3.8) is 0 Å². The molecule has 1 amide bonds. The number of carbonyl (C=O) groups is 2. The van der Waals surface area contributed by atoms with Gasteiger partial charge in [0.15, 0.2) is 11.6 Å². The Balaban J connectivity index is 1.77.